The number of ether oxygens (including phenoxy) is 1. The first-order chi connectivity index (χ1) is 9.62. The number of aromatic nitrogens is 1. The molecule has 0 bridgehead atoms. The number of benzene rings is 1. The molecule has 4 heteroatoms. The third kappa shape index (κ3) is 3.35. The summed E-state index contributed by atoms with van der Waals surface area (Å²) in [7, 11) is 3.25. The lowest BCUT2D eigenvalue weighted by Crippen LogP contribution is -2.20. The van der Waals surface area contributed by atoms with Crippen LogP contribution in [0.15, 0.2) is 36.4 Å². The number of pyridine rings is 1. The first-order valence-electron chi connectivity index (χ1n) is 6.45. The second kappa shape index (κ2) is 6.19. The highest BCUT2D eigenvalue weighted by Gasteiger charge is 2.08. The molecule has 0 spiro atoms. The average Bonchev–Trinajstić information content (AvgIpc) is 2.46. The lowest BCUT2D eigenvalue weighted by molar-refractivity contribution is 0.0958. The van der Waals surface area contributed by atoms with E-state index in [2.05, 4.69) is 10.3 Å². The summed E-state index contributed by atoms with van der Waals surface area (Å²) in [5.41, 5.74) is 3.45. The average molecular weight is 270 g/mol. The van der Waals surface area contributed by atoms with Crippen LogP contribution in [0.25, 0.3) is 0 Å². The van der Waals surface area contributed by atoms with Gasteiger partial charge >= 0.3 is 0 Å². The zero-order valence-electron chi connectivity index (χ0n) is 11.9. The van der Waals surface area contributed by atoms with Crippen LogP contribution in [0.1, 0.15) is 27.3 Å². The second-order valence-corrected chi connectivity index (χ2v) is 4.63. The number of aryl methyl sites for hydroxylation is 1. The molecule has 0 saturated heterocycles. The molecular weight excluding hydrogens is 252 g/mol. The quantitative estimate of drug-likeness (QED) is 0.927. The van der Waals surface area contributed by atoms with E-state index in [0.717, 1.165) is 22.6 Å². The maximum absolute atomic E-state index is 11.7. The van der Waals surface area contributed by atoms with E-state index in [0.29, 0.717) is 12.1 Å². The molecule has 0 radical (unpaired) electrons. The second-order valence-electron chi connectivity index (χ2n) is 4.63. The van der Waals surface area contributed by atoms with Gasteiger partial charge in [-0.05, 0) is 42.3 Å². The highest BCUT2D eigenvalue weighted by Crippen LogP contribution is 2.16. The smallest absolute Gasteiger partial charge is 0.269 e. The van der Waals surface area contributed by atoms with Crippen molar-refractivity contribution in [3.05, 3.63) is 58.9 Å². The summed E-state index contributed by atoms with van der Waals surface area (Å²) in [6.45, 7) is 1.96. The molecule has 2 rings (SSSR count). The number of methoxy groups -OCH3 is 1. The first-order valence-corrected chi connectivity index (χ1v) is 6.45. The summed E-state index contributed by atoms with van der Waals surface area (Å²) >= 11 is 0. The van der Waals surface area contributed by atoms with Gasteiger partial charge in [0.1, 0.15) is 11.4 Å². The van der Waals surface area contributed by atoms with E-state index in [1.807, 2.05) is 37.3 Å². The van der Waals surface area contributed by atoms with Crippen LogP contribution in [0.4, 0.5) is 0 Å². The molecule has 4 nitrogen and oxygen atoms in total. The highest BCUT2D eigenvalue weighted by atomic mass is 16.5. The van der Waals surface area contributed by atoms with E-state index in [1.54, 1.807) is 20.2 Å². The van der Waals surface area contributed by atoms with Gasteiger partial charge in [-0.1, -0.05) is 12.1 Å². The van der Waals surface area contributed by atoms with Crippen LogP contribution in [0.5, 0.6) is 5.75 Å². The van der Waals surface area contributed by atoms with Gasteiger partial charge in [0.25, 0.3) is 5.91 Å². The fourth-order valence-electron chi connectivity index (χ4n) is 2.07. The summed E-state index contributed by atoms with van der Waals surface area (Å²) in [5.74, 6) is 0.655. The van der Waals surface area contributed by atoms with Crippen molar-refractivity contribution in [3.8, 4) is 5.75 Å². The van der Waals surface area contributed by atoms with Gasteiger partial charge < -0.3 is 10.1 Å². The molecule has 2 aromatic rings. The first kappa shape index (κ1) is 14.1. The fourth-order valence-corrected chi connectivity index (χ4v) is 2.07. The Morgan fingerprint density at radius 1 is 1.30 bits per heavy atom. The van der Waals surface area contributed by atoms with Crippen LogP contribution in [0.3, 0.4) is 0 Å². The van der Waals surface area contributed by atoms with Crippen LogP contribution in [-0.4, -0.2) is 25.0 Å². The van der Waals surface area contributed by atoms with Crippen molar-refractivity contribution in [2.24, 2.45) is 0 Å². The molecule has 1 aromatic carbocycles. The van der Waals surface area contributed by atoms with Crippen molar-refractivity contribution in [2.75, 3.05) is 14.2 Å². The minimum atomic E-state index is -0.166. The van der Waals surface area contributed by atoms with E-state index >= 15 is 0 Å². The van der Waals surface area contributed by atoms with Crippen LogP contribution in [0, 0.1) is 6.92 Å². The number of hydrogen-bond donors (Lipinski definition) is 1. The van der Waals surface area contributed by atoms with Crippen LogP contribution < -0.4 is 10.1 Å². The highest BCUT2D eigenvalue weighted by molar-refractivity contribution is 5.92. The van der Waals surface area contributed by atoms with Gasteiger partial charge in [0, 0.05) is 19.2 Å². The minimum absolute atomic E-state index is 0.166. The lowest BCUT2D eigenvalue weighted by atomic mass is 10.1. The van der Waals surface area contributed by atoms with Crippen molar-refractivity contribution in [1.29, 1.82) is 0 Å². The Bertz CT molecular complexity index is 624. The number of nitrogens with one attached hydrogen (secondary N) is 1. The third-order valence-corrected chi connectivity index (χ3v) is 3.00. The maximum atomic E-state index is 11.7. The molecule has 1 N–H and O–H groups in total. The normalized spacial score (nSPS) is 10.2. The zero-order chi connectivity index (χ0) is 14.5. The maximum Gasteiger partial charge on any atom is 0.269 e. The monoisotopic (exact) mass is 270 g/mol. The molecule has 0 unspecified atom stereocenters. The number of carbonyl (C=O) groups excluding carboxylic acids is 1. The van der Waals surface area contributed by atoms with Crippen molar-refractivity contribution in [2.45, 2.75) is 13.3 Å². The molecule has 1 aromatic heterocycles. The minimum Gasteiger partial charge on any atom is -0.497 e. The molecule has 0 aliphatic rings. The van der Waals surface area contributed by atoms with Crippen LogP contribution in [0.2, 0.25) is 0 Å². The summed E-state index contributed by atoms with van der Waals surface area (Å²) in [6.07, 6.45) is 0.670. The fraction of sp³-hybridized carbons (Fsp3) is 0.250. The molecular formula is C16H18N2O2. The number of hydrogen-bond acceptors (Lipinski definition) is 3. The number of amides is 1. The summed E-state index contributed by atoms with van der Waals surface area (Å²) < 4.78 is 5.21. The Morgan fingerprint density at radius 3 is 2.80 bits per heavy atom. The van der Waals surface area contributed by atoms with Gasteiger partial charge in [0.2, 0.25) is 0 Å². The van der Waals surface area contributed by atoms with Gasteiger partial charge in [-0.25, -0.2) is 4.98 Å². The predicted molar refractivity (Wildman–Crippen MR) is 78.2 cm³/mol. The van der Waals surface area contributed by atoms with Crippen molar-refractivity contribution < 1.29 is 9.53 Å². The molecule has 0 aliphatic heterocycles. The lowest BCUT2D eigenvalue weighted by Gasteiger charge is -2.07. The molecule has 0 aliphatic carbocycles. The third-order valence-electron chi connectivity index (χ3n) is 3.00. The summed E-state index contributed by atoms with van der Waals surface area (Å²) in [5, 5.41) is 2.60. The van der Waals surface area contributed by atoms with E-state index in [4.69, 9.17) is 4.74 Å². The van der Waals surface area contributed by atoms with Gasteiger partial charge in [-0.3, -0.25) is 4.79 Å². The summed E-state index contributed by atoms with van der Waals surface area (Å²) in [4.78, 5) is 16.1. The van der Waals surface area contributed by atoms with Gasteiger partial charge in [-0.2, -0.15) is 0 Å². The Labute approximate surface area is 118 Å². The van der Waals surface area contributed by atoms with Gasteiger partial charge in [-0.15, -0.1) is 0 Å². The van der Waals surface area contributed by atoms with Crippen molar-refractivity contribution >= 4 is 5.91 Å². The summed E-state index contributed by atoms with van der Waals surface area (Å²) in [6, 6.07) is 11.6. The van der Waals surface area contributed by atoms with Crippen LogP contribution >= 0.6 is 0 Å². The Kier molecular flexibility index (Phi) is 4.35. The zero-order valence-corrected chi connectivity index (χ0v) is 11.9. The number of nitrogens with zero attached hydrogens (tertiary/aromatic N) is 1. The van der Waals surface area contributed by atoms with E-state index in [1.165, 1.54) is 0 Å². The SMILES string of the molecule is CNC(=O)c1cc(C)cc(Cc2cccc(OC)c2)n1. The molecule has 0 saturated carbocycles. The standard InChI is InChI=1S/C16H18N2O2/c1-11-7-13(18-15(8-11)16(19)17-2)9-12-5-4-6-14(10-12)20-3/h4-8,10H,9H2,1-3H3,(H,17,19). The molecule has 0 fully saturated rings. The molecule has 104 valence electrons. The topological polar surface area (TPSA) is 51.2 Å². The van der Waals surface area contributed by atoms with Crippen molar-refractivity contribution in [1.82, 2.24) is 10.3 Å². The number of carbonyl (C=O) groups is 1. The Balaban J connectivity index is 2.28. The van der Waals surface area contributed by atoms with E-state index in [9.17, 15) is 4.79 Å². The predicted octanol–water partition coefficient (Wildman–Crippen LogP) is 2.35. The van der Waals surface area contributed by atoms with Crippen molar-refractivity contribution in [3.63, 3.8) is 0 Å². The molecule has 1 heterocycles. The molecule has 1 amide bonds. The van der Waals surface area contributed by atoms with Gasteiger partial charge in [0.15, 0.2) is 0 Å². The number of rotatable bonds is 4. The van der Waals surface area contributed by atoms with Crippen LogP contribution in [-0.2, 0) is 6.42 Å². The largest absolute Gasteiger partial charge is 0.497 e. The molecule has 20 heavy (non-hydrogen) atoms. The van der Waals surface area contributed by atoms with E-state index in [-0.39, 0.29) is 5.91 Å². The Morgan fingerprint density at radius 2 is 2.10 bits per heavy atom. The Hall–Kier alpha value is -2.36. The molecule has 0 atom stereocenters. The van der Waals surface area contributed by atoms with Gasteiger partial charge in [0.05, 0.1) is 7.11 Å². The van der Waals surface area contributed by atoms with E-state index < -0.39 is 0 Å².